The molecule has 1 N–H and O–H groups in total. The van der Waals surface area contributed by atoms with Crippen LogP contribution < -0.4 is 5.32 Å². The summed E-state index contributed by atoms with van der Waals surface area (Å²) in [7, 11) is 1.90. The van der Waals surface area contributed by atoms with Gasteiger partial charge in [-0.15, -0.1) is 0 Å². The lowest BCUT2D eigenvalue weighted by Crippen LogP contribution is -2.22. The van der Waals surface area contributed by atoms with Gasteiger partial charge in [-0.25, -0.2) is 0 Å². The van der Waals surface area contributed by atoms with E-state index in [4.69, 9.17) is 0 Å². The third-order valence-corrected chi connectivity index (χ3v) is 3.66. The molecular weight excluding hydrogens is 208 g/mol. The van der Waals surface area contributed by atoms with Gasteiger partial charge in [-0.3, -0.25) is 4.99 Å². The van der Waals surface area contributed by atoms with Crippen molar-refractivity contribution in [1.82, 2.24) is 5.32 Å². The van der Waals surface area contributed by atoms with Crippen molar-refractivity contribution in [1.29, 1.82) is 0 Å². The van der Waals surface area contributed by atoms with Crippen LogP contribution in [0.15, 0.2) is 35.3 Å². The summed E-state index contributed by atoms with van der Waals surface area (Å²) in [5.41, 5.74) is 1.42. The minimum absolute atomic E-state index is 0.586. The summed E-state index contributed by atoms with van der Waals surface area (Å²) in [4.78, 5) is 4.40. The molecule has 1 aliphatic rings. The lowest BCUT2D eigenvalue weighted by atomic mass is 9.86. The van der Waals surface area contributed by atoms with Gasteiger partial charge in [-0.1, -0.05) is 43.7 Å². The number of nitrogens with one attached hydrogen (secondary N) is 1. The summed E-state index contributed by atoms with van der Waals surface area (Å²) in [5, 5.41) is 3.46. The van der Waals surface area contributed by atoms with E-state index in [1.165, 1.54) is 24.2 Å². The first kappa shape index (κ1) is 12.2. The standard InChI is InChI=1S/C15H22N2/c1-3-7-13-11-17-15(16-2)14(13)10-12-8-5-4-6-9-12/h4-6,8-9,13-14H,3,7,10-11H2,1-2H3,(H,16,17). The van der Waals surface area contributed by atoms with Gasteiger partial charge in [0.1, 0.15) is 0 Å². The Balaban J connectivity index is 2.10. The van der Waals surface area contributed by atoms with Gasteiger partial charge in [-0.05, 0) is 24.3 Å². The molecule has 2 nitrogen and oxygen atoms in total. The monoisotopic (exact) mass is 230 g/mol. The summed E-state index contributed by atoms with van der Waals surface area (Å²) in [6, 6.07) is 10.8. The van der Waals surface area contributed by atoms with Crippen molar-refractivity contribution in [3.05, 3.63) is 35.9 Å². The van der Waals surface area contributed by atoms with E-state index in [0.29, 0.717) is 5.92 Å². The molecule has 1 aromatic rings. The van der Waals surface area contributed by atoms with Crippen molar-refractivity contribution in [3.63, 3.8) is 0 Å². The predicted molar refractivity (Wildman–Crippen MR) is 73.4 cm³/mol. The van der Waals surface area contributed by atoms with Crippen LogP contribution in [0.3, 0.4) is 0 Å². The van der Waals surface area contributed by atoms with E-state index in [1.54, 1.807) is 0 Å². The van der Waals surface area contributed by atoms with Gasteiger partial charge in [0.2, 0.25) is 0 Å². The molecule has 1 aliphatic heterocycles. The third-order valence-electron chi connectivity index (χ3n) is 3.66. The molecule has 0 radical (unpaired) electrons. The van der Waals surface area contributed by atoms with Crippen LogP contribution in [0.5, 0.6) is 0 Å². The van der Waals surface area contributed by atoms with Gasteiger partial charge in [0.25, 0.3) is 0 Å². The van der Waals surface area contributed by atoms with E-state index in [2.05, 4.69) is 47.6 Å². The van der Waals surface area contributed by atoms with Gasteiger partial charge >= 0.3 is 0 Å². The normalized spacial score (nSPS) is 26.1. The van der Waals surface area contributed by atoms with Gasteiger partial charge < -0.3 is 5.32 Å². The number of hydrogen-bond acceptors (Lipinski definition) is 1. The molecule has 17 heavy (non-hydrogen) atoms. The van der Waals surface area contributed by atoms with Gasteiger partial charge in [0, 0.05) is 19.5 Å². The van der Waals surface area contributed by atoms with Crippen molar-refractivity contribution in [2.75, 3.05) is 13.6 Å². The molecule has 1 saturated heterocycles. The molecule has 0 aromatic heterocycles. The summed E-state index contributed by atoms with van der Waals surface area (Å²) >= 11 is 0. The van der Waals surface area contributed by atoms with Crippen LogP contribution in [0.4, 0.5) is 0 Å². The molecule has 1 aromatic carbocycles. The Morgan fingerprint density at radius 2 is 2.06 bits per heavy atom. The smallest absolute Gasteiger partial charge is 0.0997 e. The van der Waals surface area contributed by atoms with E-state index in [9.17, 15) is 0 Å². The highest BCUT2D eigenvalue weighted by Gasteiger charge is 2.31. The molecule has 2 unspecified atom stereocenters. The van der Waals surface area contributed by atoms with Crippen LogP contribution in [0.25, 0.3) is 0 Å². The van der Waals surface area contributed by atoms with E-state index in [0.717, 1.165) is 18.9 Å². The maximum Gasteiger partial charge on any atom is 0.0997 e. The second-order valence-electron chi connectivity index (χ2n) is 4.83. The first-order valence-corrected chi connectivity index (χ1v) is 6.59. The lowest BCUT2D eigenvalue weighted by Gasteiger charge is -2.17. The molecule has 2 rings (SSSR count). The summed E-state index contributed by atoms with van der Waals surface area (Å²) in [6.45, 7) is 3.36. The molecule has 1 heterocycles. The SMILES string of the molecule is CCCC1CN/C(=N\C)C1Cc1ccccc1. The maximum atomic E-state index is 4.40. The first-order chi connectivity index (χ1) is 8.35. The molecule has 2 heteroatoms. The second kappa shape index (κ2) is 5.85. The van der Waals surface area contributed by atoms with Crippen LogP contribution >= 0.6 is 0 Å². The van der Waals surface area contributed by atoms with Crippen LogP contribution in [0, 0.1) is 11.8 Å². The summed E-state index contributed by atoms with van der Waals surface area (Å²) < 4.78 is 0. The molecule has 0 spiro atoms. The summed E-state index contributed by atoms with van der Waals surface area (Å²) in [6.07, 6.45) is 3.67. The van der Waals surface area contributed by atoms with Gasteiger partial charge in [0.05, 0.1) is 5.84 Å². The maximum absolute atomic E-state index is 4.40. The molecule has 0 bridgehead atoms. The molecular formula is C15H22N2. The average Bonchev–Trinajstić information content (AvgIpc) is 2.74. The fourth-order valence-corrected chi connectivity index (χ4v) is 2.78. The minimum Gasteiger partial charge on any atom is -0.373 e. The zero-order chi connectivity index (χ0) is 12.1. The Hall–Kier alpha value is -1.31. The van der Waals surface area contributed by atoms with Crippen molar-refractivity contribution in [2.24, 2.45) is 16.8 Å². The Morgan fingerprint density at radius 3 is 2.71 bits per heavy atom. The highest BCUT2D eigenvalue weighted by atomic mass is 15.0. The van der Waals surface area contributed by atoms with E-state index < -0.39 is 0 Å². The van der Waals surface area contributed by atoms with Crippen LogP contribution in [0.2, 0.25) is 0 Å². The Morgan fingerprint density at radius 1 is 1.29 bits per heavy atom. The highest BCUT2D eigenvalue weighted by molar-refractivity contribution is 5.87. The van der Waals surface area contributed by atoms with Crippen molar-refractivity contribution in [3.8, 4) is 0 Å². The van der Waals surface area contributed by atoms with Gasteiger partial charge in [0.15, 0.2) is 0 Å². The number of nitrogens with zero attached hydrogens (tertiary/aromatic N) is 1. The van der Waals surface area contributed by atoms with Crippen molar-refractivity contribution >= 4 is 5.84 Å². The van der Waals surface area contributed by atoms with Crippen molar-refractivity contribution < 1.29 is 0 Å². The number of amidine groups is 1. The molecule has 0 saturated carbocycles. The molecule has 2 atom stereocenters. The topological polar surface area (TPSA) is 24.4 Å². The van der Waals surface area contributed by atoms with E-state index in [1.807, 2.05) is 7.05 Å². The third kappa shape index (κ3) is 2.87. The number of hydrogen-bond donors (Lipinski definition) is 1. The summed E-state index contributed by atoms with van der Waals surface area (Å²) in [5.74, 6) is 2.54. The highest BCUT2D eigenvalue weighted by Crippen LogP contribution is 2.27. The number of rotatable bonds is 4. The molecule has 0 amide bonds. The van der Waals surface area contributed by atoms with Crippen LogP contribution in [0.1, 0.15) is 25.3 Å². The average molecular weight is 230 g/mol. The Bertz CT molecular complexity index is 370. The molecule has 1 fully saturated rings. The molecule has 0 aliphatic carbocycles. The van der Waals surface area contributed by atoms with Crippen molar-refractivity contribution in [2.45, 2.75) is 26.2 Å². The van der Waals surface area contributed by atoms with Crippen LogP contribution in [-0.2, 0) is 6.42 Å². The lowest BCUT2D eigenvalue weighted by molar-refractivity contribution is 0.422. The Kier molecular flexibility index (Phi) is 4.18. The predicted octanol–water partition coefficient (Wildman–Crippen LogP) is 2.89. The van der Waals surface area contributed by atoms with Gasteiger partial charge in [-0.2, -0.15) is 0 Å². The largest absolute Gasteiger partial charge is 0.373 e. The first-order valence-electron chi connectivity index (χ1n) is 6.59. The molecule has 92 valence electrons. The second-order valence-corrected chi connectivity index (χ2v) is 4.83. The fraction of sp³-hybridized carbons (Fsp3) is 0.533. The number of aliphatic imine (C=N–C) groups is 1. The quantitative estimate of drug-likeness (QED) is 0.845. The number of benzene rings is 1. The van der Waals surface area contributed by atoms with Crippen LogP contribution in [-0.4, -0.2) is 19.4 Å². The minimum atomic E-state index is 0.586. The Labute approximate surface area is 104 Å². The fourth-order valence-electron chi connectivity index (χ4n) is 2.78. The zero-order valence-corrected chi connectivity index (χ0v) is 10.8. The zero-order valence-electron chi connectivity index (χ0n) is 10.8. The van der Waals surface area contributed by atoms with E-state index >= 15 is 0 Å². The van der Waals surface area contributed by atoms with E-state index in [-0.39, 0.29) is 0 Å².